The highest BCUT2D eigenvalue weighted by molar-refractivity contribution is 5.82. The third-order valence-electron chi connectivity index (χ3n) is 3.60. The van der Waals surface area contributed by atoms with Crippen molar-refractivity contribution in [2.24, 2.45) is 5.92 Å². The standard InChI is InChI=1S/C11H16N6O3/c1-4-7(19)5(2-18)20-10(4)17-3-14-6-8(12)15-11(13)16-9(6)17/h3-5,7,10,18-19H,2H2,1H3,(H4,12,13,15,16)/t4-,5+,7-,10+/m0/s1. The van der Waals surface area contributed by atoms with E-state index in [9.17, 15) is 10.2 Å². The van der Waals surface area contributed by atoms with Crippen LogP contribution in [0, 0.1) is 5.92 Å². The third-order valence-corrected chi connectivity index (χ3v) is 3.60. The number of nitrogens with zero attached hydrogens (tertiary/aromatic N) is 4. The van der Waals surface area contributed by atoms with Gasteiger partial charge >= 0.3 is 0 Å². The average molecular weight is 280 g/mol. The van der Waals surface area contributed by atoms with Gasteiger partial charge in [0, 0.05) is 5.92 Å². The van der Waals surface area contributed by atoms with Crippen LogP contribution >= 0.6 is 0 Å². The Morgan fingerprint density at radius 3 is 2.80 bits per heavy atom. The van der Waals surface area contributed by atoms with E-state index in [1.54, 1.807) is 4.57 Å². The van der Waals surface area contributed by atoms with Gasteiger partial charge in [0.25, 0.3) is 0 Å². The van der Waals surface area contributed by atoms with Gasteiger partial charge in [-0.1, -0.05) is 6.92 Å². The molecule has 0 bridgehead atoms. The minimum atomic E-state index is -0.765. The molecule has 3 heterocycles. The summed E-state index contributed by atoms with van der Waals surface area (Å²) in [5.74, 6) is -0.000206. The molecule has 2 aromatic rings. The quantitative estimate of drug-likeness (QED) is 0.541. The highest BCUT2D eigenvalue weighted by Gasteiger charge is 2.42. The first kappa shape index (κ1) is 13.0. The van der Waals surface area contributed by atoms with Crippen molar-refractivity contribution in [3.05, 3.63) is 6.33 Å². The van der Waals surface area contributed by atoms with E-state index in [1.807, 2.05) is 6.92 Å². The van der Waals surface area contributed by atoms with Crippen molar-refractivity contribution in [3.8, 4) is 0 Å². The highest BCUT2D eigenvalue weighted by atomic mass is 16.5. The molecule has 0 amide bonds. The summed E-state index contributed by atoms with van der Waals surface area (Å²) >= 11 is 0. The van der Waals surface area contributed by atoms with Crippen molar-refractivity contribution in [3.63, 3.8) is 0 Å². The lowest BCUT2D eigenvalue weighted by Crippen LogP contribution is -2.28. The molecule has 0 aliphatic carbocycles. The fraction of sp³-hybridized carbons (Fsp3) is 0.545. The molecule has 0 spiro atoms. The van der Waals surface area contributed by atoms with Crippen LogP contribution in [0.15, 0.2) is 6.33 Å². The molecule has 0 saturated carbocycles. The van der Waals surface area contributed by atoms with Crippen LogP contribution in [0.5, 0.6) is 0 Å². The lowest BCUT2D eigenvalue weighted by atomic mass is 10.0. The predicted molar refractivity (Wildman–Crippen MR) is 70.3 cm³/mol. The SMILES string of the molecule is C[C@H]1[C@H](O)[C@@H](CO)O[C@H]1n1cnc2c(N)nc(N)nc21. The number of aromatic nitrogens is 4. The number of fused-ring (bicyclic) bond motifs is 1. The number of ether oxygens (including phenoxy) is 1. The molecule has 108 valence electrons. The first-order valence-corrected chi connectivity index (χ1v) is 6.23. The van der Waals surface area contributed by atoms with E-state index in [0.717, 1.165) is 0 Å². The van der Waals surface area contributed by atoms with E-state index in [4.69, 9.17) is 16.2 Å². The number of hydrogen-bond donors (Lipinski definition) is 4. The number of aliphatic hydroxyl groups excluding tert-OH is 2. The minimum Gasteiger partial charge on any atom is -0.394 e. The first-order valence-electron chi connectivity index (χ1n) is 6.23. The highest BCUT2D eigenvalue weighted by Crippen LogP contribution is 2.36. The maximum absolute atomic E-state index is 10.0. The van der Waals surface area contributed by atoms with Crippen LogP contribution in [-0.2, 0) is 4.74 Å². The second-order valence-corrected chi connectivity index (χ2v) is 4.89. The van der Waals surface area contributed by atoms with E-state index in [1.165, 1.54) is 6.33 Å². The molecule has 6 N–H and O–H groups in total. The van der Waals surface area contributed by atoms with Gasteiger partial charge < -0.3 is 26.4 Å². The fourth-order valence-electron chi connectivity index (χ4n) is 2.50. The summed E-state index contributed by atoms with van der Waals surface area (Å²) in [6.45, 7) is 1.57. The average Bonchev–Trinajstić information content (AvgIpc) is 2.93. The zero-order chi connectivity index (χ0) is 14.4. The van der Waals surface area contributed by atoms with Crippen molar-refractivity contribution in [2.45, 2.75) is 25.4 Å². The monoisotopic (exact) mass is 280 g/mol. The van der Waals surface area contributed by atoms with E-state index in [2.05, 4.69) is 15.0 Å². The molecule has 2 aromatic heterocycles. The Balaban J connectivity index is 2.07. The van der Waals surface area contributed by atoms with Gasteiger partial charge in [-0.15, -0.1) is 0 Å². The van der Waals surface area contributed by atoms with Crippen LogP contribution < -0.4 is 11.5 Å². The van der Waals surface area contributed by atoms with Crippen LogP contribution in [0.25, 0.3) is 11.2 Å². The van der Waals surface area contributed by atoms with Gasteiger partial charge in [0.2, 0.25) is 5.95 Å². The van der Waals surface area contributed by atoms with E-state index < -0.39 is 18.4 Å². The summed E-state index contributed by atoms with van der Waals surface area (Å²) < 4.78 is 7.29. The molecule has 1 aliphatic heterocycles. The predicted octanol–water partition coefficient (Wildman–Crippen LogP) is -1.12. The molecule has 0 unspecified atom stereocenters. The van der Waals surface area contributed by atoms with Crippen LogP contribution in [0.1, 0.15) is 13.2 Å². The Kier molecular flexibility index (Phi) is 2.96. The second-order valence-electron chi connectivity index (χ2n) is 4.89. The summed E-state index contributed by atoms with van der Waals surface area (Å²) in [7, 11) is 0. The molecular formula is C11H16N6O3. The molecule has 20 heavy (non-hydrogen) atoms. The molecule has 0 radical (unpaired) electrons. The molecular weight excluding hydrogens is 264 g/mol. The Morgan fingerprint density at radius 2 is 2.15 bits per heavy atom. The number of aliphatic hydroxyl groups is 2. The zero-order valence-corrected chi connectivity index (χ0v) is 10.8. The Bertz CT molecular complexity index is 644. The molecule has 1 fully saturated rings. The number of anilines is 2. The smallest absolute Gasteiger partial charge is 0.224 e. The van der Waals surface area contributed by atoms with Crippen LogP contribution in [0.2, 0.25) is 0 Å². The van der Waals surface area contributed by atoms with E-state index in [-0.39, 0.29) is 24.3 Å². The Hall–Kier alpha value is -1.97. The van der Waals surface area contributed by atoms with Crippen LogP contribution in [-0.4, -0.2) is 48.5 Å². The summed E-state index contributed by atoms with van der Waals surface area (Å²) in [4.78, 5) is 12.1. The zero-order valence-electron chi connectivity index (χ0n) is 10.8. The molecule has 1 saturated heterocycles. The largest absolute Gasteiger partial charge is 0.394 e. The van der Waals surface area contributed by atoms with Crippen molar-refractivity contribution in [1.29, 1.82) is 0 Å². The number of rotatable bonds is 2. The van der Waals surface area contributed by atoms with Gasteiger partial charge in [-0.05, 0) is 0 Å². The second kappa shape index (κ2) is 4.54. The summed E-state index contributed by atoms with van der Waals surface area (Å²) in [5, 5.41) is 19.2. The Morgan fingerprint density at radius 1 is 1.40 bits per heavy atom. The van der Waals surface area contributed by atoms with Gasteiger partial charge in [-0.25, -0.2) is 4.98 Å². The Labute approximate surface area is 114 Å². The summed E-state index contributed by atoms with van der Waals surface area (Å²) in [5.41, 5.74) is 12.2. The van der Waals surface area contributed by atoms with Crippen molar-refractivity contribution >= 4 is 22.9 Å². The normalized spacial score (nSPS) is 30.1. The summed E-state index contributed by atoms with van der Waals surface area (Å²) in [6, 6.07) is 0. The van der Waals surface area contributed by atoms with Gasteiger partial charge in [0.05, 0.1) is 19.0 Å². The van der Waals surface area contributed by atoms with E-state index >= 15 is 0 Å². The number of nitrogens with two attached hydrogens (primary N) is 2. The molecule has 1 aliphatic rings. The molecule has 4 atom stereocenters. The number of nitrogen functional groups attached to an aromatic ring is 2. The van der Waals surface area contributed by atoms with Crippen LogP contribution in [0.4, 0.5) is 11.8 Å². The van der Waals surface area contributed by atoms with E-state index in [0.29, 0.717) is 11.2 Å². The van der Waals surface area contributed by atoms with Crippen molar-refractivity contribution in [1.82, 2.24) is 19.5 Å². The lowest BCUT2D eigenvalue weighted by Gasteiger charge is -2.17. The first-order chi connectivity index (χ1) is 9.52. The number of imidazole rings is 1. The molecule has 3 rings (SSSR count). The van der Waals surface area contributed by atoms with Gasteiger partial charge in [-0.3, -0.25) is 4.57 Å². The summed E-state index contributed by atoms with van der Waals surface area (Å²) in [6.07, 6.45) is -0.383. The number of hydrogen-bond acceptors (Lipinski definition) is 8. The van der Waals surface area contributed by atoms with Gasteiger partial charge in [-0.2, -0.15) is 9.97 Å². The molecule has 9 heteroatoms. The third kappa shape index (κ3) is 1.79. The fourth-order valence-corrected chi connectivity index (χ4v) is 2.50. The van der Waals surface area contributed by atoms with Crippen LogP contribution in [0.3, 0.4) is 0 Å². The maximum atomic E-state index is 10.0. The van der Waals surface area contributed by atoms with Gasteiger partial charge in [0.15, 0.2) is 11.5 Å². The minimum absolute atomic E-state index is 0.0432. The molecule has 0 aromatic carbocycles. The van der Waals surface area contributed by atoms with Crippen molar-refractivity contribution < 1.29 is 14.9 Å². The topological polar surface area (TPSA) is 145 Å². The lowest BCUT2D eigenvalue weighted by molar-refractivity contribution is -0.0447. The maximum Gasteiger partial charge on any atom is 0.224 e. The van der Waals surface area contributed by atoms with Gasteiger partial charge in [0.1, 0.15) is 17.8 Å². The molecule has 9 nitrogen and oxygen atoms in total. The van der Waals surface area contributed by atoms with Crippen molar-refractivity contribution in [2.75, 3.05) is 18.1 Å².